The van der Waals surface area contributed by atoms with Crippen LogP contribution in [0.15, 0.2) is 21.6 Å². The number of hydrogen-bond donors (Lipinski definition) is 2. The quantitative estimate of drug-likeness (QED) is 0.861. The smallest absolute Gasteiger partial charge is 0.244 e. The van der Waals surface area contributed by atoms with Gasteiger partial charge in [0.1, 0.15) is 10.7 Å². The molecule has 0 bridgehead atoms. The van der Waals surface area contributed by atoms with Gasteiger partial charge in [0.05, 0.1) is 0 Å². The fraction of sp³-hybridized carbons (Fsp3) is 0.545. The summed E-state index contributed by atoms with van der Waals surface area (Å²) in [6, 6.07) is 1.47. The topological polar surface area (TPSA) is 85.1 Å². The van der Waals surface area contributed by atoms with Crippen LogP contribution >= 0.6 is 15.9 Å². The van der Waals surface area contributed by atoms with Crippen molar-refractivity contribution in [3.05, 3.63) is 16.7 Å². The van der Waals surface area contributed by atoms with Gasteiger partial charge in [-0.3, -0.25) is 0 Å². The summed E-state index contributed by atoms with van der Waals surface area (Å²) in [5.74, 6) is 0.694. The zero-order valence-corrected chi connectivity index (χ0v) is 12.3. The molecule has 1 aromatic heterocycles. The summed E-state index contributed by atoms with van der Waals surface area (Å²) < 4.78 is 27.2. The monoisotopic (exact) mass is 333 g/mol. The van der Waals surface area contributed by atoms with Gasteiger partial charge in [0.2, 0.25) is 10.0 Å². The number of rotatable bonds is 5. The molecule has 3 N–H and O–H groups in total. The summed E-state index contributed by atoms with van der Waals surface area (Å²) in [6.07, 6.45) is 6.05. The van der Waals surface area contributed by atoms with Gasteiger partial charge in [-0.05, 0) is 34.3 Å². The van der Waals surface area contributed by atoms with Gasteiger partial charge in [0.25, 0.3) is 0 Å². The SMILES string of the molecule is Nc1ncc(Br)cc1S(=O)(=O)NCCC1CCC1. The molecular formula is C11H16BrN3O2S. The van der Waals surface area contributed by atoms with Gasteiger partial charge >= 0.3 is 0 Å². The third-order valence-corrected chi connectivity index (χ3v) is 5.13. The Labute approximate surface area is 115 Å². The Morgan fingerprint density at radius 2 is 2.22 bits per heavy atom. The number of pyridine rings is 1. The van der Waals surface area contributed by atoms with Crippen molar-refractivity contribution in [3.63, 3.8) is 0 Å². The van der Waals surface area contributed by atoms with Crippen molar-refractivity contribution in [3.8, 4) is 0 Å². The second-order valence-electron chi connectivity index (χ2n) is 4.52. The lowest BCUT2D eigenvalue weighted by atomic mass is 9.83. The van der Waals surface area contributed by atoms with Crippen LogP contribution in [0.2, 0.25) is 0 Å². The number of anilines is 1. The Morgan fingerprint density at radius 1 is 1.50 bits per heavy atom. The van der Waals surface area contributed by atoms with E-state index in [2.05, 4.69) is 25.6 Å². The normalized spacial score (nSPS) is 16.5. The molecule has 1 heterocycles. The predicted octanol–water partition coefficient (Wildman–Crippen LogP) is 1.89. The molecule has 0 amide bonds. The highest BCUT2D eigenvalue weighted by molar-refractivity contribution is 9.10. The summed E-state index contributed by atoms with van der Waals surface area (Å²) in [4.78, 5) is 3.86. The van der Waals surface area contributed by atoms with E-state index in [1.807, 2.05) is 0 Å². The van der Waals surface area contributed by atoms with Crippen molar-refractivity contribution >= 4 is 31.8 Å². The predicted molar refractivity (Wildman–Crippen MR) is 73.5 cm³/mol. The first-order valence-electron chi connectivity index (χ1n) is 5.90. The molecule has 0 aliphatic heterocycles. The number of nitrogens with zero attached hydrogens (tertiary/aromatic N) is 1. The number of nitrogens with one attached hydrogen (secondary N) is 1. The third-order valence-electron chi connectivity index (χ3n) is 3.21. The van der Waals surface area contributed by atoms with Crippen LogP contribution in [0, 0.1) is 5.92 Å². The van der Waals surface area contributed by atoms with Gasteiger partial charge in [0.15, 0.2) is 0 Å². The second kappa shape index (κ2) is 5.54. The molecule has 5 nitrogen and oxygen atoms in total. The maximum Gasteiger partial charge on any atom is 0.244 e. The Kier molecular flexibility index (Phi) is 4.24. The van der Waals surface area contributed by atoms with Crippen LogP contribution in [0.3, 0.4) is 0 Å². The molecule has 100 valence electrons. The van der Waals surface area contributed by atoms with Crippen LogP contribution in [0.25, 0.3) is 0 Å². The highest BCUT2D eigenvalue weighted by Gasteiger charge is 2.21. The zero-order valence-electron chi connectivity index (χ0n) is 9.89. The first kappa shape index (κ1) is 13.8. The maximum absolute atomic E-state index is 12.0. The van der Waals surface area contributed by atoms with Gasteiger partial charge in [-0.1, -0.05) is 19.3 Å². The fourth-order valence-electron chi connectivity index (χ4n) is 1.90. The molecule has 0 saturated heterocycles. The lowest BCUT2D eigenvalue weighted by Crippen LogP contribution is -2.28. The van der Waals surface area contributed by atoms with Crippen molar-refractivity contribution in [2.24, 2.45) is 5.92 Å². The van der Waals surface area contributed by atoms with Crippen molar-refractivity contribution in [1.29, 1.82) is 0 Å². The molecule has 0 radical (unpaired) electrons. The number of sulfonamides is 1. The van der Waals surface area contributed by atoms with Gasteiger partial charge < -0.3 is 5.73 Å². The Hall–Kier alpha value is -0.660. The molecule has 18 heavy (non-hydrogen) atoms. The number of nitrogens with two attached hydrogens (primary N) is 1. The van der Waals surface area contributed by atoms with E-state index in [0.29, 0.717) is 16.9 Å². The lowest BCUT2D eigenvalue weighted by Gasteiger charge is -2.25. The molecule has 1 saturated carbocycles. The number of halogens is 1. The van der Waals surface area contributed by atoms with E-state index in [1.54, 1.807) is 0 Å². The largest absolute Gasteiger partial charge is 0.383 e. The van der Waals surface area contributed by atoms with E-state index in [-0.39, 0.29) is 10.7 Å². The number of nitrogen functional groups attached to an aromatic ring is 1. The highest BCUT2D eigenvalue weighted by Crippen LogP contribution is 2.29. The van der Waals surface area contributed by atoms with E-state index < -0.39 is 10.0 Å². The van der Waals surface area contributed by atoms with Crippen molar-refractivity contribution in [1.82, 2.24) is 9.71 Å². The van der Waals surface area contributed by atoms with Crippen molar-refractivity contribution < 1.29 is 8.42 Å². The van der Waals surface area contributed by atoms with E-state index in [0.717, 1.165) is 6.42 Å². The first-order chi connectivity index (χ1) is 8.49. The minimum absolute atomic E-state index is 0.0225. The third kappa shape index (κ3) is 3.21. The molecule has 7 heteroatoms. The number of aromatic nitrogens is 1. The second-order valence-corrected chi connectivity index (χ2v) is 7.17. The summed E-state index contributed by atoms with van der Waals surface area (Å²) in [5, 5.41) is 0. The minimum Gasteiger partial charge on any atom is -0.383 e. The van der Waals surface area contributed by atoms with Gasteiger partial charge in [-0.25, -0.2) is 18.1 Å². The van der Waals surface area contributed by atoms with E-state index in [9.17, 15) is 8.42 Å². The van der Waals surface area contributed by atoms with E-state index in [1.165, 1.54) is 31.5 Å². The molecule has 1 fully saturated rings. The van der Waals surface area contributed by atoms with Crippen molar-refractivity contribution in [2.75, 3.05) is 12.3 Å². The molecule has 0 atom stereocenters. The molecule has 0 aromatic carbocycles. The Morgan fingerprint density at radius 3 is 2.83 bits per heavy atom. The first-order valence-corrected chi connectivity index (χ1v) is 8.17. The highest BCUT2D eigenvalue weighted by atomic mass is 79.9. The standard InChI is InChI=1S/C11H16BrN3O2S/c12-9-6-10(11(13)14-7-9)18(16,17)15-5-4-8-2-1-3-8/h6-8,15H,1-5H2,(H2,13,14). The van der Waals surface area contributed by atoms with Crippen LogP contribution in [-0.2, 0) is 10.0 Å². The van der Waals surface area contributed by atoms with Crippen LogP contribution in [0.1, 0.15) is 25.7 Å². The lowest BCUT2D eigenvalue weighted by molar-refractivity contribution is 0.297. The molecule has 1 aromatic rings. The summed E-state index contributed by atoms with van der Waals surface area (Å²) in [7, 11) is -3.56. The maximum atomic E-state index is 12.0. The van der Waals surface area contributed by atoms with Crippen LogP contribution in [0.5, 0.6) is 0 Å². The Balaban J connectivity index is 2.02. The fourth-order valence-corrected chi connectivity index (χ4v) is 3.54. The van der Waals surface area contributed by atoms with Gasteiger partial charge in [-0.2, -0.15) is 0 Å². The average Bonchev–Trinajstić information content (AvgIpc) is 2.25. The molecule has 1 aliphatic carbocycles. The van der Waals surface area contributed by atoms with Crippen LogP contribution < -0.4 is 10.5 Å². The zero-order chi connectivity index (χ0) is 13.2. The number of hydrogen-bond acceptors (Lipinski definition) is 4. The molecule has 0 unspecified atom stereocenters. The Bertz CT molecular complexity index is 529. The molecule has 2 rings (SSSR count). The molecular weight excluding hydrogens is 318 g/mol. The summed E-state index contributed by atoms with van der Waals surface area (Å²) in [5.41, 5.74) is 5.59. The molecule has 1 aliphatic rings. The van der Waals surface area contributed by atoms with Crippen LogP contribution in [0.4, 0.5) is 5.82 Å². The van der Waals surface area contributed by atoms with Crippen LogP contribution in [-0.4, -0.2) is 19.9 Å². The summed E-state index contributed by atoms with van der Waals surface area (Å²) in [6.45, 7) is 0.457. The average molecular weight is 334 g/mol. The van der Waals surface area contributed by atoms with E-state index >= 15 is 0 Å². The van der Waals surface area contributed by atoms with Gasteiger partial charge in [-0.15, -0.1) is 0 Å². The minimum atomic E-state index is -3.56. The van der Waals surface area contributed by atoms with E-state index in [4.69, 9.17) is 5.73 Å². The summed E-state index contributed by atoms with van der Waals surface area (Å²) >= 11 is 3.19. The van der Waals surface area contributed by atoms with Gasteiger partial charge in [0, 0.05) is 17.2 Å². The van der Waals surface area contributed by atoms with Crippen molar-refractivity contribution in [2.45, 2.75) is 30.6 Å². The molecule has 0 spiro atoms.